The fourth-order valence-electron chi connectivity index (χ4n) is 0.925. The van der Waals surface area contributed by atoms with E-state index in [0.29, 0.717) is 0 Å². The van der Waals surface area contributed by atoms with Crippen LogP contribution in [0.15, 0.2) is 41.4 Å². The van der Waals surface area contributed by atoms with Crippen molar-refractivity contribution in [1.82, 2.24) is 14.8 Å². The summed E-state index contributed by atoms with van der Waals surface area (Å²) in [7, 11) is 0. The van der Waals surface area contributed by atoms with Gasteiger partial charge in [0.15, 0.2) is 0 Å². The number of pyridine rings is 1. The van der Waals surface area contributed by atoms with Crippen LogP contribution in [0.3, 0.4) is 0 Å². The third-order valence-corrected chi connectivity index (χ3v) is 1.95. The average Bonchev–Trinajstić information content (AvgIpc) is 2.58. The van der Waals surface area contributed by atoms with Gasteiger partial charge in [0.2, 0.25) is 0 Å². The number of hydrogen-bond acceptors (Lipinski definition) is 2. The summed E-state index contributed by atoms with van der Waals surface area (Å²) in [4.78, 5) is 4.09. The van der Waals surface area contributed by atoms with Gasteiger partial charge in [-0.3, -0.25) is 0 Å². The van der Waals surface area contributed by atoms with Crippen molar-refractivity contribution in [2.75, 3.05) is 0 Å². The number of nitrogens with zero attached hydrogens (tertiary/aromatic N) is 3. The third-order valence-electron chi connectivity index (χ3n) is 1.48. The molecule has 0 radical (unpaired) electrons. The fraction of sp³-hybridized carbons (Fsp3) is 0. The Morgan fingerprint density at radius 3 is 2.83 bits per heavy atom. The zero-order valence-electron chi connectivity index (χ0n) is 6.18. The Bertz CT molecular complexity index is 352. The van der Waals surface area contributed by atoms with E-state index < -0.39 is 0 Å². The predicted octanol–water partition coefficient (Wildman–Crippen LogP) is 2.03. The molecule has 4 heteroatoms. The number of halogens is 1. The summed E-state index contributed by atoms with van der Waals surface area (Å²) in [5.41, 5.74) is 0.961. The first-order valence-electron chi connectivity index (χ1n) is 3.48. The second-order valence-electron chi connectivity index (χ2n) is 2.29. The molecule has 0 bridgehead atoms. The molecule has 2 rings (SSSR count). The van der Waals surface area contributed by atoms with E-state index in [9.17, 15) is 0 Å². The molecule has 0 N–H and O–H groups in total. The van der Waals surface area contributed by atoms with E-state index in [1.807, 2.05) is 24.4 Å². The van der Waals surface area contributed by atoms with Crippen molar-refractivity contribution in [3.8, 4) is 5.69 Å². The van der Waals surface area contributed by atoms with Gasteiger partial charge < -0.3 is 0 Å². The molecular weight excluding hydrogens is 218 g/mol. The van der Waals surface area contributed by atoms with Gasteiger partial charge >= 0.3 is 0 Å². The molecule has 60 valence electrons. The van der Waals surface area contributed by atoms with Gasteiger partial charge in [0.05, 0.1) is 11.9 Å². The van der Waals surface area contributed by atoms with Crippen molar-refractivity contribution in [2.24, 2.45) is 0 Å². The van der Waals surface area contributed by atoms with Crippen LogP contribution in [-0.2, 0) is 0 Å². The quantitative estimate of drug-likeness (QED) is 0.694. The summed E-state index contributed by atoms with van der Waals surface area (Å²) < 4.78 is 2.60. The van der Waals surface area contributed by atoms with Crippen molar-refractivity contribution >= 4 is 15.9 Å². The summed E-state index contributed by atoms with van der Waals surface area (Å²) in [6, 6.07) is 5.71. The summed E-state index contributed by atoms with van der Waals surface area (Å²) in [6.45, 7) is 0. The van der Waals surface area contributed by atoms with Gasteiger partial charge in [0.1, 0.15) is 4.60 Å². The third kappa shape index (κ3) is 1.38. The van der Waals surface area contributed by atoms with E-state index in [0.717, 1.165) is 10.3 Å². The molecular formula is C8H6BrN3. The Labute approximate surface area is 78.2 Å². The van der Waals surface area contributed by atoms with Gasteiger partial charge in [0, 0.05) is 12.4 Å². The predicted molar refractivity (Wildman–Crippen MR) is 49.1 cm³/mol. The van der Waals surface area contributed by atoms with Crippen LogP contribution in [-0.4, -0.2) is 14.8 Å². The van der Waals surface area contributed by atoms with Crippen molar-refractivity contribution in [1.29, 1.82) is 0 Å². The number of hydrogen-bond donors (Lipinski definition) is 0. The molecule has 0 aliphatic heterocycles. The van der Waals surface area contributed by atoms with Gasteiger partial charge in [-0.15, -0.1) is 0 Å². The molecule has 2 aromatic heterocycles. The molecule has 0 aliphatic rings. The van der Waals surface area contributed by atoms with Crippen LogP contribution in [0.5, 0.6) is 0 Å². The van der Waals surface area contributed by atoms with Crippen molar-refractivity contribution < 1.29 is 0 Å². The number of rotatable bonds is 1. The first kappa shape index (κ1) is 7.49. The Morgan fingerprint density at radius 2 is 2.25 bits per heavy atom. The van der Waals surface area contributed by atoms with E-state index in [4.69, 9.17) is 0 Å². The molecule has 0 unspecified atom stereocenters. The first-order chi connectivity index (χ1) is 5.86. The van der Waals surface area contributed by atoms with Crippen molar-refractivity contribution in [2.45, 2.75) is 0 Å². The van der Waals surface area contributed by atoms with Crippen LogP contribution >= 0.6 is 15.9 Å². The Balaban J connectivity index is 2.43. The zero-order chi connectivity index (χ0) is 8.39. The van der Waals surface area contributed by atoms with Gasteiger partial charge in [0.25, 0.3) is 0 Å². The lowest BCUT2D eigenvalue weighted by Crippen LogP contribution is -1.94. The van der Waals surface area contributed by atoms with E-state index >= 15 is 0 Å². The summed E-state index contributed by atoms with van der Waals surface area (Å²) in [6.07, 6.45) is 5.38. The molecule has 2 heterocycles. The van der Waals surface area contributed by atoms with Crippen LogP contribution in [0.2, 0.25) is 0 Å². The largest absolute Gasteiger partial charge is 0.247 e. The van der Waals surface area contributed by atoms with Crippen LogP contribution in [0.1, 0.15) is 0 Å². The van der Waals surface area contributed by atoms with Gasteiger partial charge in [-0.1, -0.05) is 0 Å². The molecule has 0 saturated heterocycles. The highest BCUT2D eigenvalue weighted by Crippen LogP contribution is 2.08. The van der Waals surface area contributed by atoms with Crippen LogP contribution < -0.4 is 0 Å². The second kappa shape index (κ2) is 3.06. The van der Waals surface area contributed by atoms with E-state index in [2.05, 4.69) is 26.0 Å². The van der Waals surface area contributed by atoms with Gasteiger partial charge in [-0.2, -0.15) is 5.10 Å². The monoisotopic (exact) mass is 223 g/mol. The van der Waals surface area contributed by atoms with E-state index in [1.165, 1.54) is 0 Å². The maximum atomic E-state index is 4.09. The maximum absolute atomic E-state index is 4.09. The second-order valence-corrected chi connectivity index (χ2v) is 3.10. The minimum Gasteiger partial charge on any atom is -0.247 e. The zero-order valence-corrected chi connectivity index (χ0v) is 7.77. The standard InChI is InChI=1S/C8H6BrN3/c9-8-3-2-7(6-10-8)12-5-1-4-11-12/h1-6H. The van der Waals surface area contributed by atoms with Crippen LogP contribution in [0.4, 0.5) is 0 Å². The van der Waals surface area contributed by atoms with Crippen LogP contribution in [0.25, 0.3) is 5.69 Å². The topological polar surface area (TPSA) is 30.7 Å². The molecule has 0 spiro atoms. The molecule has 12 heavy (non-hydrogen) atoms. The molecule has 0 aliphatic carbocycles. The highest BCUT2D eigenvalue weighted by Gasteiger charge is 1.94. The summed E-state index contributed by atoms with van der Waals surface area (Å²) in [5, 5.41) is 4.08. The minimum absolute atomic E-state index is 0.832. The first-order valence-corrected chi connectivity index (χ1v) is 4.27. The molecule has 0 atom stereocenters. The summed E-state index contributed by atoms with van der Waals surface area (Å²) >= 11 is 3.27. The Morgan fingerprint density at radius 1 is 1.33 bits per heavy atom. The van der Waals surface area contributed by atoms with Crippen LogP contribution in [0, 0.1) is 0 Å². The number of aromatic nitrogens is 3. The van der Waals surface area contributed by atoms with Gasteiger partial charge in [-0.25, -0.2) is 9.67 Å². The minimum atomic E-state index is 0.832. The Kier molecular flexibility index (Phi) is 1.91. The fourth-order valence-corrected chi connectivity index (χ4v) is 1.16. The van der Waals surface area contributed by atoms with Gasteiger partial charge in [-0.05, 0) is 34.1 Å². The lowest BCUT2D eigenvalue weighted by atomic mass is 10.4. The molecule has 0 aromatic carbocycles. The Hall–Kier alpha value is -1.16. The normalized spacial score (nSPS) is 10.1. The lowest BCUT2D eigenvalue weighted by Gasteiger charge is -1.98. The maximum Gasteiger partial charge on any atom is 0.106 e. The molecule has 2 aromatic rings. The van der Waals surface area contributed by atoms with Crippen molar-refractivity contribution in [3.05, 3.63) is 41.4 Å². The molecule has 0 saturated carbocycles. The van der Waals surface area contributed by atoms with E-state index in [-0.39, 0.29) is 0 Å². The average molecular weight is 224 g/mol. The molecule has 0 fully saturated rings. The SMILES string of the molecule is Brc1ccc(-n2cccn2)cn1. The smallest absolute Gasteiger partial charge is 0.106 e. The lowest BCUT2D eigenvalue weighted by molar-refractivity contribution is 0.872. The summed E-state index contributed by atoms with van der Waals surface area (Å²) in [5.74, 6) is 0. The highest BCUT2D eigenvalue weighted by molar-refractivity contribution is 9.10. The molecule has 3 nitrogen and oxygen atoms in total. The van der Waals surface area contributed by atoms with Crippen molar-refractivity contribution in [3.63, 3.8) is 0 Å². The molecule has 0 amide bonds. The van der Waals surface area contributed by atoms with E-state index in [1.54, 1.807) is 17.1 Å². The highest BCUT2D eigenvalue weighted by atomic mass is 79.9.